The van der Waals surface area contributed by atoms with E-state index < -0.39 is 0 Å². The molecule has 0 spiro atoms. The zero-order valence-electron chi connectivity index (χ0n) is 12.6. The van der Waals surface area contributed by atoms with E-state index >= 15 is 0 Å². The zero-order valence-corrected chi connectivity index (χ0v) is 12.6. The summed E-state index contributed by atoms with van der Waals surface area (Å²) in [5.41, 5.74) is 0. The minimum absolute atomic E-state index is 0.886. The third kappa shape index (κ3) is 10.5. The van der Waals surface area contributed by atoms with Crippen LogP contribution in [0.4, 0.5) is 0 Å². The Bertz CT molecular complexity index is 120. The van der Waals surface area contributed by atoms with Gasteiger partial charge >= 0.3 is 0 Å². The molecule has 0 aromatic heterocycles. The van der Waals surface area contributed by atoms with E-state index in [2.05, 4.69) is 41.5 Å². The maximum atomic E-state index is 2.37. The van der Waals surface area contributed by atoms with Gasteiger partial charge in [0.15, 0.2) is 0 Å². The summed E-state index contributed by atoms with van der Waals surface area (Å²) in [6.45, 7) is 13.9. The Hall–Kier alpha value is 0. The minimum atomic E-state index is 0.886. The van der Waals surface area contributed by atoms with Crippen molar-refractivity contribution in [1.82, 2.24) is 0 Å². The Balaban J connectivity index is 0.000000281. The van der Waals surface area contributed by atoms with Gasteiger partial charge in [-0.1, -0.05) is 80.1 Å². The topological polar surface area (TPSA) is 0 Å². The molecule has 0 amide bonds. The maximum Gasteiger partial charge on any atom is -0.0443 e. The predicted molar refractivity (Wildman–Crippen MR) is 75.7 cm³/mol. The van der Waals surface area contributed by atoms with Crippen LogP contribution in [0.1, 0.15) is 80.1 Å². The van der Waals surface area contributed by atoms with E-state index in [1.165, 1.54) is 38.5 Å². The highest BCUT2D eigenvalue weighted by Crippen LogP contribution is 2.27. The Morgan fingerprint density at radius 2 is 0.938 bits per heavy atom. The second-order valence-corrected chi connectivity index (χ2v) is 6.73. The molecule has 0 N–H and O–H groups in total. The second-order valence-electron chi connectivity index (χ2n) is 6.73. The van der Waals surface area contributed by atoms with Crippen molar-refractivity contribution in [1.29, 1.82) is 0 Å². The van der Waals surface area contributed by atoms with Crippen LogP contribution in [0.5, 0.6) is 0 Å². The molecule has 16 heavy (non-hydrogen) atoms. The molecule has 1 saturated carbocycles. The lowest BCUT2D eigenvalue weighted by molar-refractivity contribution is 0.308. The molecule has 0 heteroatoms. The number of hydrogen-bond acceptors (Lipinski definition) is 0. The van der Waals surface area contributed by atoms with Crippen LogP contribution in [0, 0.1) is 23.7 Å². The molecule has 1 fully saturated rings. The SMILES string of the molecule is CC(C)CCC(C)C.CC1CCC(C)CC1. The third-order valence-corrected chi connectivity index (χ3v) is 3.63. The lowest BCUT2D eigenvalue weighted by atomic mass is 9.84. The van der Waals surface area contributed by atoms with Gasteiger partial charge in [-0.2, -0.15) is 0 Å². The predicted octanol–water partition coefficient (Wildman–Crippen LogP) is 5.91. The highest BCUT2D eigenvalue weighted by Gasteiger charge is 2.13. The molecule has 1 rings (SSSR count). The molecule has 0 bridgehead atoms. The summed E-state index contributed by atoms with van der Waals surface area (Å²) < 4.78 is 0. The van der Waals surface area contributed by atoms with E-state index in [0.717, 1.165) is 23.7 Å². The van der Waals surface area contributed by atoms with Crippen molar-refractivity contribution in [3.05, 3.63) is 0 Å². The van der Waals surface area contributed by atoms with Gasteiger partial charge < -0.3 is 0 Å². The molecule has 1 aliphatic carbocycles. The number of rotatable bonds is 3. The first-order chi connectivity index (χ1) is 7.41. The fourth-order valence-electron chi connectivity index (χ4n) is 2.09. The molecule has 0 nitrogen and oxygen atoms in total. The molecule has 0 unspecified atom stereocenters. The monoisotopic (exact) mass is 226 g/mol. The van der Waals surface area contributed by atoms with Crippen LogP contribution in [0.15, 0.2) is 0 Å². The molecule has 0 radical (unpaired) electrons. The van der Waals surface area contributed by atoms with Gasteiger partial charge in [0.25, 0.3) is 0 Å². The van der Waals surface area contributed by atoms with Crippen molar-refractivity contribution in [2.75, 3.05) is 0 Å². The Kier molecular flexibility index (Phi) is 9.07. The van der Waals surface area contributed by atoms with E-state index in [1.807, 2.05) is 0 Å². The highest BCUT2D eigenvalue weighted by atomic mass is 14.2. The molecule has 98 valence electrons. The van der Waals surface area contributed by atoms with Gasteiger partial charge in [0.05, 0.1) is 0 Å². The summed E-state index contributed by atoms with van der Waals surface area (Å²) in [5, 5.41) is 0. The molecular formula is C16H34. The first kappa shape index (κ1) is 16.0. The normalized spacial score (nSPS) is 25.5. The van der Waals surface area contributed by atoms with Gasteiger partial charge in [-0.15, -0.1) is 0 Å². The molecule has 0 aliphatic heterocycles. The summed E-state index contributed by atoms with van der Waals surface area (Å²) in [6, 6.07) is 0. The maximum absolute atomic E-state index is 2.37. The smallest absolute Gasteiger partial charge is 0.0443 e. The van der Waals surface area contributed by atoms with Crippen LogP contribution in [-0.2, 0) is 0 Å². The van der Waals surface area contributed by atoms with Gasteiger partial charge in [0, 0.05) is 0 Å². The molecule has 0 heterocycles. The quantitative estimate of drug-likeness (QED) is 0.561. The average molecular weight is 226 g/mol. The Morgan fingerprint density at radius 3 is 1.12 bits per heavy atom. The van der Waals surface area contributed by atoms with Crippen molar-refractivity contribution in [2.24, 2.45) is 23.7 Å². The van der Waals surface area contributed by atoms with Crippen LogP contribution >= 0.6 is 0 Å². The summed E-state index contributed by atoms with van der Waals surface area (Å²) in [4.78, 5) is 0. The van der Waals surface area contributed by atoms with E-state index in [4.69, 9.17) is 0 Å². The molecule has 0 atom stereocenters. The van der Waals surface area contributed by atoms with Gasteiger partial charge in [0.2, 0.25) is 0 Å². The van der Waals surface area contributed by atoms with Crippen molar-refractivity contribution in [3.63, 3.8) is 0 Å². The van der Waals surface area contributed by atoms with E-state index in [-0.39, 0.29) is 0 Å². The van der Waals surface area contributed by atoms with Crippen molar-refractivity contribution >= 4 is 0 Å². The molecule has 0 aromatic rings. The Labute approximate surface area is 104 Å². The van der Waals surface area contributed by atoms with Crippen LogP contribution < -0.4 is 0 Å². The van der Waals surface area contributed by atoms with Crippen LogP contribution in [0.25, 0.3) is 0 Å². The van der Waals surface area contributed by atoms with Crippen LogP contribution in [0.2, 0.25) is 0 Å². The van der Waals surface area contributed by atoms with Crippen molar-refractivity contribution < 1.29 is 0 Å². The van der Waals surface area contributed by atoms with Gasteiger partial charge in [-0.05, 0) is 23.7 Å². The van der Waals surface area contributed by atoms with Crippen LogP contribution in [0.3, 0.4) is 0 Å². The summed E-state index contributed by atoms with van der Waals surface area (Å²) >= 11 is 0. The summed E-state index contributed by atoms with van der Waals surface area (Å²) in [5.74, 6) is 3.81. The molecule has 0 aromatic carbocycles. The zero-order chi connectivity index (χ0) is 12.6. The van der Waals surface area contributed by atoms with Gasteiger partial charge in [-0.25, -0.2) is 0 Å². The summed E-state index contributed by atoms with van der Waals surface area (Å²) in [6.07, 6.45) is 8.67. The fraction of sp³-hybridized carbons (Fsp3) is 1.00. The molecule has 1 aliphatic rings. The summed E-state index contributed by atoms with van der Waals surface area (Å²) in [7, 11) is 0. The van der Waals surface area contributed by atoms with Gasteiger partial charge in [0.1, 0.15) is 0 Å². The third-order valence-electron chi connectivity index (χ3n) is 3.63. The van der Waals surface area contributed by atoms with Crippen molar-refractivity contribution in [3.8, 4) is 0 Å². The largest absolute Gasteiger partial charge is 0.0628 e. The van der Waals surface area contributed by atoms with Crippen molar-refractivity contribution in [2.45, 2.75) is 80.1 Å². The highest BCUT2D eigenvalue weighted by molar-refractivity contribution is 4.65. The minimum Gasteiger partial charge on any atom is -0.0628 e. The second kappa shape index (κ2) is 9.07. The standard InChI is InChI=1S/C8H16.C8H18/c1-7-3-5-8(2)6-4-7;1-7(2)5-6-8(3)4/h7-8H,3-6H2,1-2H3;7-8H,5-6H2,1-4H3. The first-order valence-corrected chi connectivity index (χ1v) is 7.41. The lowest BCUT2D eigenvalue weighted by Crippen LogP contribution is -2.08. The van der Waals surface area contributed by atoms with Gasteiger partial charge in [-0.3, -0.25) is 0 Å². The van der Waals surface area contributed by atoms with E-state index in [9.17, 15) is 0 Å². The van der Waals surface area contributed by atoms with E-state index in [0.29, 0.717) is 0 Å². The Morgan fingerprint density at radius 1 is 0.688 bits per heavy atom. The first-order valence-electron chi connectivity index (χ1n) is 7.41. The molecule has 0 saturated heterocycles. The fourth-order valence-corrected chi connectivity index (χ4v) is 2.09. The lowest BCUT2D eigenvalue weighted by Gasteiger charge is -2.22. The van der Waals surface area contributed by atoms with E-state index in [1.54, 1.807) is 0 Å². The van der Waals surface area contributed by atoms with Crippen LogP contribution in [-0.4, -0.2) is 0 Å². The molecular weight excluding hydrogens is 192 g/mol. The average Bonchev–Trinajstić information content (AvgIpc) is 2.20. The number of hydrogen-bond donors (Lipinski definition) is 0.